The van der Waals surface area contributed by atoms with Crippen molar-refractivity contribution in [2.24, 2.45) is 0 Å². The first-order valence-electron chi connectivity index (χ1n) is 6.00. The molecule has 0 aliphatic carbocycles. The molecule has 104 valence electrons. The smallest absolute Gasteiger partial charge is 0.330 e. The van der Waals surface area contributed by atoms with Crippen LogP contribution in [0.25, 0.3) is 0 Å². The van der Waals surface area contributed by atoms with E-state index in [1.54, 1.807) is 24.3 Å². The lowest BCUT2D eigenvalue weighted by atomic mass is 10.0. The van der Waals surface area contributed by atoms with Crippen LogP contribution in [0.3, 0.4) is 0 Å². The Morgan fingerprint density at radius 1 is 0.950 bits per heavy atom. The normalized spacial score (nSPS) is 12.2. The SMILES string of the molecule is O=C(O)C(Nc1ccccc1)c1ccc(C(F)F)cc1. The number of carboxylic acid groups (broad SMARTS) is 1. The van der Waals surface area contributed by atoms with E-state index in [0.717, 1.165) is 0 Å². The second kappa shape index (κ2) is 6.14. The third-order valence-electron chi connectivity index (χ3n) is 2.85. The van der Waals surface area contributed by atoms with E-state index >= 15 is 0 Å². The zero-order valence-corrected chi connectivity index (χ0v) is 10.5. The zero-order chi connectivity index (χ0) is 14.5. The maximum atomic E-state index is 12.5. The minimum absolute atomic E-state index is 0.127. The Morgan fingerprint density at radius 3 is 2.00 bits per heavy atom. The number of nitrogens with one attached hydrogen (secondary N) is 1. The number of halogens is 2. The van der Waals surface area contributed by atoms with E-state index < -0.39 is 18.4 Å². The van der Waals surface area contributed by atoms with Crippen molar-refractivity contribution >= 4 is 11.7 Å². The van der Waals surface area contributed by atoms with Gasteiger partial charge in [0.15, 0.2) is 6.04 Å². The summed E-state index contributed by atoms with van der Waals surface area (Å²) in [7, 11) is 0. The van der Waals surface area contributed by atoms with Crippen LogP contribution in [-0.4, -0.2) is 11.1 Å². The molecule has 0 aliphatic rings. The Labute approximate surface area is 114 Å². The third-order valence-corrected chi connectivity index (χ3v) is 2.85. The number of hydrogen-bond acceptors (Lipinski definition) is 2. The third kappa shape index (κ3) is 3.32. The van der Waals surface area contributed by atoms with Crippen molar-refractivity contribution in [2.45, 2.75) is 12.5 Å². The van der Waals surface area contributed by atoms with Crippen molar-refractivity contribution in [1.29, 1.82) is 0 Å². The highest BCUT2D eigenvalue weighted by Gasteiger charge is 2.20. The first-order valence-corrected chi connectivity index (χ1v) is 6.00. The van der Waals surface area contributed by atoms with Gasteiger partial charge in [0.25, 0.3) is 6.43 Å². The van der Waals surface area contributed by atoms with Gasteiger partial charge in [0, 0.05) is 11.3 Å². The quantitative estimate of drug-likeness (QED) is 0.872. The summed E-state index contributed by atoms with van der Waals surface area (Å²) < 4.78 is 24.9. The molecule has 0 heterocycles. The van der Waals surface area contributed by atoms with Crippen LogP contribution >= 0.6 is 0 Å². The van der Waals surface area contributed by atoms with Gasteiger partial charge in [-0.2, -0.15) is 0 Å². The summed E-state index contributed by atoms with van der Waals surface area (Å²) in [6.45, 7) is 0. The number of alkyl halides is 2. The fourth-order valence-corrected chi connectivity index (χ4v) is 1.82. The highest BCUT2D eigenvalue weighted by atomic mass is 19.3. The fraction of sp³-hybridized carbons (Fsp3) is 0.133. The zero-order valence-electron chi connectivity index (χ0n) is 10.5. The number of aliphatic carboxylic acids is 1. The lowest BCUT2D eigenvalue weighted by Gasteiger charge is -2.16. The van der Waals surface area contributed by atoms with Gasteiger partial charge < -0.3 is 10.4 Å². The number of para-hydroxylation sites is 1. The van der Waals surface area contributed by atoms with E-state index in [1.165, 1.54) is 24.3 Å². The second-order valence-electron chi connectivity index (χ2n) is 4.25. The van der Waals surface area contributed by atoms with Crippen LogP contribution in [0.4, 0.5) is 14.5 Å². The molecule has 0 amide bonds. The van der Waals surface area contributed by atoms with E-state index in [2.05, 4.69) is 5.32 Å². The molecular formula is C15H13F2NO2. The molecule has 0 aromatic heterocycles. The Bertz CT molecular complexity index is 570. The minimum atomic E-state index is -2.56. The molecule has 2 aromatic carbocycles. The Balaban J connectivity index is 2.22. The molecule has 0 saturated carbocycles. The van der Waals surface area contributed by atoms with E-state index in [4.69, 9.17) is 0 Å². The van der Waals surface area contributed by atoms with Crippen LogP contribution in [0.15, 0.2) is 54.6 Å². The molecule has 5 heteroatoms. The van der Waals surface area contributed by atoms with E-state index in [0.29, 0.717) is 11.3 Å². The van der Waals surface area contributed by atoms with Gasteiger partial charge in [-0.15, -0.1) is 0 Å². The summed E-state index contributed by atoms with van der Waals surface area (Å²) in [5.41, 5.74) is 0.946. The Kier molecular flexibility index (Phi) is 4.30. The van der Waals surface area contributed by atoms with Gasteiger partial charge in [-0.05, 0) is 17.7 Å². The van der Waals surface area contributed by atoms with E-state index in [-0.39, 0.29) is 5.56 Å². The number of benzene rings is 2. The summed E-state index contributed by atoms with van der Waals surface area (Å²) in [6.07, 6.45) is -2.56. The topological polar surface area (TPSA) is 49.3 Å². The minimum Gasteiger partial charge on any atom is -0.479 e. The molecule has 0 bridgehead atoms. The monoisotopic (exact) mass is 277 g/mol. The van der Waals surface area contributed by atoms with Crippen molar-refractivity contribution < 1.29 is 18.7 Å². The Morgan fingerprint density at radius 2 is 1.50 bits per heavy atom. The maximum Gasteiger partial charge on any atom is 0.330 e. The molecule has 0 fully saturated rings. The van der Waals surface area contributed by atoms with Gasteiger partial charge >= 0.3 is 5.97 Å². The molecule has 3 nitrogen and oxygen atoms in total. The van der Waals surface area contributed by atoms with Gasteiger partial charge in [0.1, 0.15) is 0 Å². The summed E-state index contributed by atoms with van der Waals surface area (Å²) in [4.78, 5) is 11.3. The molecule has 2 rings (SSSR count). The van der Waals surface area contributed by atoms with Gasteiger partial charge in [-0.25, -0.2) is 13.6 Å². The molecule has 1 unspecified atom stereocenters. The standard InChI is InChI=1S/C15H13F2NO2/c16-14(17)11-8-6-10(7-9-11)13(15(19)20)18-12-4-2-1-3-5-12/h1-9,13-14,18H,(H,19,20). The van der Waals surface area contributed by atoms with Crippen LogP contribution in [0.1, 0.15) is 23.6 Å². The average Bonchev–Trinajstić information content (AvgIpc) is 2.45. The number of rotatable bonds is 5. The van der Waals surface area contributed by atoms with Crippen LogP contribution in [-0.2, 0) is 4.79 Å². The van der Waals surface area contributed by atoms with Crippen LogP contribution < -0.4 is 5.32 Å². The fourth-order valence-electron chi connectivity index (χ4n) is 1.82. The molecule has 0 radical (unpaired) electrons. The molecule has 0 spiro atoms. The van der Waals surface area contributed by atoms with Crippen LogP contribution in [0, 0.1) is 0 Å². The predicted molar refractivity (Wildman–Crippen MR) is 71.8 cm³/mol. The summed E-state index contributed by atoms with van der Waals surface area (Å²) in [6, 6.07) is 13.1. The molecule has 1 atom stereocenters. The van der Waals surface area contributed by atoms with Gasteiger partial charge in [0.05, 0.1) is 0 Å². The average molecular weight is 277 g/mol. The lowest BCUT2D eigenvalue weighted by molar-refractivity contribution is -0.138. The maximum absolute atomic E-state index is 12.5. The van der Waals surface area contributed by atoms with Crippen molar-refractivity contribution in [1.82, 2.24) is 0 Å². The highest BCUT2D eigenvalue weighted by molar-refractivity contribution is 5.79. The molecule has 20 heavy (non-hydrogen) atoms. The van der Waals surface area contributed by atoms with Gasteiger partial charge in [0.2, 0.25) is 0 Å². The molecule has 0 saturated heterocycles. The van der Waals surface area contributed by atoms with Crippen LogP contribution in [0.5, 0.6) is 0 Å². The van der Waals surface area contributed by atoms with Crippen molar-refractivity contribution in [3.05, 3.63) is 65.7 Å². The van der Waals surface area contributed by atoms with E-state index in [1.807, 2.05) is 6.07 Å². The second-order valence-corrected chi connectivity index (χ2v) is 4.25. The molecule has 2 aromatic rings. The predicted octanol–water partition coefficient (Wildman–Crippen LogP) is 3.86. The molecule has 0 aliphatic heterocycles. The molecule has 2 N–H and O–H groups in total. The van der Waals surface area contributed by atoms with Crippen LogP contribution in [0.2, 0.25) is 0 Å². The van der Waals surface area contributed by atoms with Crippen molar-refractivity contribution in [2.75, 3.05) is 5.32 Å². The number of anilines is 1. The lowest BCUT2D eigenvalue weighted by Crippen LogP contribution is -2.20. The number of carbonyl (C=O) groups is 1. The summed E-state index contributed by atoms with van der Waals surface area (Å²) >= 11 is 0. The summed E-state index contributed by atoms with van der Waals surface area (Å²) in [5.74, 6) is -1.07. The first-order chi connectivity index (χ1) is 9.58. The first kappa shape index (κ1) is 14.0. The largest absolute Gasteiger partial charge is 0.479 e. The number of hydrogen-bond donors (Lipinski definition) is 2. The Hall–Kier alpha value is -2.43. The van der Waals surface area contributed by atoms with Gasteiger partial charge in [-0.1, -0.05) is 42.5 Å². The van der Waals surface area contributed by atoms with Gasteiger partial charge in [-0.3, -0.25) is 0 Å². The highest BCUT2D eigenvalue weighted by Crippen LogP contribution is 2.24. The van der Waals surface area contributed by atoms with Crippen molar-refractivity contribution in [3.8, 4) is 0 Å². The summed E-state index contributed by atoms with van der Waals surface area (Å²) in [5, 5.41) is 12.1. The van der Waals surface area contributed by atoms with E-state index in [9.17, 15) is 18.7 Å². The number of carboxylic acids is 1. The van der Waals surface area contributed by atoms with Crippen molar-refractivity contribution in [3.63, 3.8) is 0 Å². The molecular weight excluding hydrogens is 264 g/mol.